The molecule has 1 heterocycles. The lowest BCUT2D eigenvalue weighted by Gasteiger charge is -1.96. The van der Waals surface area contributed by atoms with Crippen molar-refractivity contribution in [3.8, 4) is 11.8 Å². The average Bonchev–Trinajstić information content (AvgIpc) is 2.89. The molecular weight excluding hydrogens is 232 g/mol. The number of carbonyl (C=O) groups is 2. The monoisotopic (exact) mass is 240 g/mol. The Balaban J connectivity index is 2.29. The first-order chi connectivity index (χ1) is 8.31. The topological polar surface area (TPSA) is 34.1 Å². The number of benzene rings is 1. The Bertz CT molecular complexity index is 601. The number of rotatable bonds is 2. The smallest absolute Gasteiger partial charge is 0.236 e. The second kappa shape index (κ2) is 5.24. The van der Waals surface area contributed by atoms with Crippen LogP contribution in [-0.4, -0.2) is 12.1 Å². The second-order valence-corrected chi connectivity index (χ2v) is 4.21. The molecule has 0 saturated heterocycles. The first kappa shape index (κ1) is 11.3. The van der Waals surface area contributed by atoms with Crippen molar-refractivity contribution >= 4 is 23.4 Å². The molecule has 0 radical (unpaired) electrons. The third kappa shape index (κ3) is 2.68. The molecule has 0 bridgehead atoms. The molecule has 0 saturated carbocycles. The van der Waals surface area contributed by atoms with Gasteiger partial charge in [-0.1, -0.05) is 24.3 Å². The minimum atomic E-state index is -0.332. The van der Waals surface area contributed by atoms with Gasteiger partial charge in [-0.05, 0) is 29.4 Å². The lowest BCUT2D eigenvalue weighted by molar-refractivity contribution is 0.104. The molecule has 17 heavy (non-hydrogen) atoms. The molecule has 0 unspecified atom stereocenters. The van der Waals surface area contributed by atoms with Gasteiger partial charge in [0, 0.05) is 11.1 Å². The van der Waals surface area contributed by atoms with Crippen molar-refractivity contribution in [2.75, 3.05) is 0 Å². The Morgan fingerprint density at radius 1 is 1.18 bits per heavy atom. The van der Waals surface area contributed by atoms with Crippen molar-refractivity contribution in [1.82, 2.24) is 0 Å². The first-order valence-corrected chi connectivity index (χ1v) is 5.83. The van der Waals surface area contributed by atoms with E-state index < -0.39 is 0 Å². The van der Waals surface area contributed by atoms with Crippen molar-refractivity contribution in [2.24, 2.45) is 0 Å². The number of hydrogen-bond donors (Lipinski definition) is 0. The Labute approximate surface area is 103 Å². The Morgan fingerprint density at radius 2 is 2.00 bits per heavy atom. The van der Waals surface area contributed by atoms with Crippen LogP contribution in [-0.2, 0) is 0 Å². The zero-order valence-corrected chi connectivity index (χ0v) is 9.66. The van der Waals surface area contributed by atoms with Crippen LogP contribution in [0.3, 0.4) is 0 Å². The summed E-state index contributed by atoms with van der Waals surface area (Å²) < 4.78 is 0. The number of ketones is 1. The van der Waals surface area contributed by atoms with Crippen molar-refractivity contribution < 1.29 is 9.59 Å². The van der Waals surface area contributed by atoms with E-state index in [0.717, 1.165) is 4.88 Å². The highest BCUT2D eigenvalue weighted by Gasteiger charge is 2.07. The van der Waals surface area contributed by atoms with Gasteiger partial charge in [-0.3, -0.25) is 9.59 Å². The van der Waals surface area contributed by atoms with Gasteiger partial charge in [0.25, 0.3) is 0 Å². The van der Waals surface area contributed by atoms with E-state index in [0.29, 0.717) is 17.4 Å². The largest absolute Gasteiger partial charge is 0.298 e. The molecule has 0 aliphatic carbocycles. The van der Waals surface area contributed by atoms with Crippen molar-refractivity contribution in [3.05, 3.63) is 57.8 Å². The fourth-order valence-corrected chi connectivity index (χ4v) is 1.91. The third-order valence-electron chi connectivity index (χ3n) is 2.15. The summed E-state index contributed by atoms with van der Waals surface area (Å²) in [4.78, 5) is 23.4. The zero-order valence-electron chi connectivity index (χ0n) is 8.84. The average molecular weight is 240 g/mol. The molecule has 3 heteroatoms. The van der Waals surface area contributed by atoms with Crippen LogP contribution in [0.25, 0.3) is 0 Å². The summed E-state index contributed by atoms with van der Waals surface area (Å²) in [5.41, 5.74) is 0.726. The Hall–Kier alpha value is -2.18. The maximum absolute atomic E-state index is 11.8. The molecule has 0 aliphatic rings. The lowest BCUT2D eigenvalue weighted by atomic mass is 10.1. The van der Waals surface area contributed by atoms with Crippen LogP contribution in [0.15, 0.2) is 41.8 Å². The highest BCUT2D eigenvalue weighted by Crippen LogP contribution is 2.08. The minimum Gasteiger partial charge on any atom is -0.298 e. The van der Waals surface area contributed by atoms with E-state index in [1.165, 1.54) is 11.3 Å². The normalized spacial score (nSPS) is 9.18. The van der Waals surface area contributed by atoms with Gasteiger partial charge in [-0.15, -0.1) is 11.3 Å². The van der Waals surface area contributed by atoms with Crippen molar-refractivity contribution in [3.63, 3.8) is 0 Å². The molecule has 2 rings (SSSR count). The van der Waals surface area contributed by atoms with Gasteiger partial charge in [0.2, 0.25) is 5.78 Å². The molecule has 1 aromatic carbocycles. The van der Waals surface area contributed by atoms with Crippen LogP contribution >= 0.6 is 11.3 Å². The van der Waals surface area contributed by atoms with E-state index in [1.807, 2.05) is 17.5 Å². The van der Waals surface area contributed by atoms with E-state index in [1.54, 1.807) is 24.3 Å². The van der Waals surface area contributed by atoms with Crippen LogP contribution in [0, 0.1) is 11.8 Å². The van der Waals surface area contributed by atoms with Gasteiger partial charge in [0.05, 0.1) is 4.88 Å². The highest BCUT2D eigenvalue weighted by atomic mass is 32.1. The predicted octanol–water partition coefficient (Wildman–Crippen LogP) is 2.80. The fraction of sp³-hybridized carbons (Fsp3) is 0. The van der Waals surface area contributed by atoms with E-state index in [9.17, 15) is 9.59 Å². The van der Waals surface area contributed by atoms with Gasteiger partial charge in [0.15, 0.2) is 6.29 Å². The molecule has 82 valence electrons. The third-order valence-corrected chi connectivity index (χ3v) is 2.94. The molecule has 0 spiro atoms. The predicted molar refractivity (Wildman–Crippen MR) is 67.4 cm³/mol. The van der Waals surface area contributed by atoms with Crippen LogP contribution < -0.4 is 0 Å². The molecule has 0 atom stereocenters. The van der Waals surface area contributed by atoms with E-state index in [4.69, 9.17) is 0 Å². The molecule has 0 amide bonds. The molecule has 2 aromatic rings. The zero-order chi connectivity index (χ0) is 12.1. The summed E-state index contributed by atoms with van der Waals surface area (Å²) in [7, 11) is 0. The van der Waals surface area contributed by atoms with E-state index in [2.05, 4.69) is 11.8 Å². The number of thiophene rings is 1. The standard InChI is InChI=1S/C14H8O2S/c15-10-11-4-1-2-6-13(11)14(16)8-7-12-5-3-9-17-12/h1-6,9-10H. The molecule has 0 fully saturated rings. The van der Waals surface area contributed by atoms with Gasteiger partial charge >= 0.3 is 0 Å². The number of Topliss-reactive ketones (excluding diaryl/α,β-unsaturated/α-hetero) is 1. The maximum atomic E-state index is 11.8. The van der Waals surface area contributed by atoms with Crippen LogP contribution in [0.2, 0.25) is 0 Å². The maximum Gasteiger partial charge on any atom is 0.236 e. The summed E-state index contributed by atoms with van der Waals surface area (Å²) in [6.45, 7) is 0. The summed E-state index contributed by atoms with van der Waals surface area (Å²) in [6, 6.07) is 10.4. The summed E-state index contributed by atoms with van der Waals surface area (Å²) in [5, 5.41) is 1.90. The summed E-state index contributed by atoms with van der Waals surface area (Å²) >= 11 is 1.47. The Kier molecular flexibility index (Phi) is 3.49. The SMILES string of the molecule is O=Cc1ccccc1C(=O)C#Cc1cccs1. The van der Waals surface area contributed by atoms with E-state index in [-0.39, 0.29) is 5.78 Å². The van der Waals surface area contributed by atoms with Gasteiger partial charge < -0.3 is 0 Å². The molecule has 0 N–H and O–H groups in total. The number of carbonyl (C=O) groups excluding carboxylic acids is 2. The molecular formula is C14H8O2S. The van der Waals surface area contributed by atoms with Gasteiger partial charge in [-0.2, -0.15) is 0 Å². The van der Waals surface area contributed by atoms with Crippen LogP contribution in [0.5, 0.6) is 0 Å². The van der Waals surface area contributed by atoms with Crippen molar-refractivity contribution in [1.29, 1.82) is 0 Å². The first-order valence-electron chi connectivity index (χ1n) is 4.95. The second-order valence-electron chi connectivity index (χ2n) is 3.26. The Morgan fingerprint density at radius 3 is 2.71 bits per heavy atom. The van der Waals surface area contributed by atoms with Crippen LogP contribution in [0.4, 0.5) is 0 Å². The quantitative estimate of drug-likeness (QED) is 0.459. The summed E-state index contributed by atoms with van der Waals surface area (Å²) in [5.74, 6) is 4.98. The van der Waals surface area contributed by atoms with E-state index >= 15 is 0 Å². The summed E-state index contributed by atoms with van der Waals surface area (Å²) in [6.07, 6.45) is 0.667. The van der Waals surface area contributed by atoms with Gasteiger partial charge in [-0.25, -0.2) is 0 Å². The number of aldehydes is 1. The van der Waals surface area contributed by atoms with Gasteiger partial charge in [0.1, 0.15) is 0 Å². The molecule has 1 aromatic heterocycles. The van der Waals surface area contributed by atoms with Crippen molar-refractivity contribution in [2.45, 2.75) is 0 Å². The van der Waals surface area contributed by atoms with Crippen LogP contribution in [0.1, 0.15) is 25.6 Å². The molecule has 0 aliphatic heterocycles. The highest BCUT2D eigenvalue weighted by molar-refractivity contribution is 7.10. The molecule has 2 nitrogen and oxygen atoms in total. The fourth-order valence-electron chi connectivity index (χ4n) is 1.34. The lowest BCUT2D eigenvalue weighted by Crippen LogP contribution is -2.00. The number of hydrogen-bond acceptors (Lipinski definition) is 3. The minimum absolute atomic E-state index is 0.332.